The van der Waals surface area contributed by atoms with Crippen molar-refractivity contribution >= 4 is 103 Å². The maximum absolute atomic E-state index is 7.36. The Morgan fingerprint density at radius 1 is 0.467 bits per heavy atom. The average Bonchev–Trinajstić information content (AvgIpc) is 3.52. The highest BCUT2D eigenvalue weighted by atomic mass is 127. The molecule has 9 aromatic rings. The third-order valence-electron chi connectivity index (χ3n) is 15.3. The minimum atomic E-state index is -0.197. The van der Waals surface area contributed by atoms with Crippen molar-refractivity contribution in [1.82, 2.24) is 0 Å². The van der Waals surface area contributed by atoms with Gasteiger partial charge in [0.2, 0.25) is 0 Å². The van der Waals surface area contributed by atoms with E-state index in [1.54, 1.807) is 0 Å². The quantitative estimate of drug-likeness (QED) is 0.106. The van der Waals surface area contributed by atoms with Gasteiger partial charge in [-0.2, -0.15) is 0 Å². The zero-order chi connectivity index (χ0) is 51.4. The number of nitrogens with zero attached hydrogens (tertiary/aromatic N) is 2. The van der Waals surface area contributed by atoms with Gasteiger partial charge in [-0.3, -0.25) is 0 Å². The van der Waals surface area contributed by atoms with Crippen LogP contribution < -0.4 is 61.5 Å². The van der Waals surface area contributed by atoms with Crippen molar-refractivity contribution in [2.45, 2.75) is 80.1 Å². The van der Waals surface area contributed by atoms with Crippen LogP contribution in [0.1, 0.15) is 73.9 Å². The molecular weight excluding hydrogens is 1030 g/mol. The molecule has 0 N–H and O–H groups in total. The van der Waals surface area contributed by atoms with E-state index in [1.807, 2.05) is 60.7 Å². The van der Waals surface area contributed by atoms with Gasteiger partial charge in [-0.05, 0) is 201 Å². The molecule has 4 aliphatic heterocycles. The maximum atomic E-state index is 7.36. The Balaban J connectivity index is 1.07. The van der Waals surface area contributed by atoms with Crippen LogP contribution in [0.25, 0.3) is 0 Å². The standard InChI is InChI=1S/C66H57B2IN2O4/c1-9-10-19-43-25-40(3)27-45(32-43)71-55-31-42(5)29-53(69)63(55)68-52-37-51-58(38-59(52)75-61-36-49(34-57(71)65(61)68)73-47-23-15-12-16-24-47)74-60-35-48(72-46-21-13-11-14-22-46)33-56-64(60)67(51)62-50(66(6,7)8)28-41(4)30-54(62)70(56)44-20-17-18-39(2)26-44/h11-18,20-38H,9-10,19H2,1-8H3. The number of unbranched alkanes of at least 4 members (excludes halogenated alkanes) is 1. The highest BCUT2D eigenvalue weighted by Crippen LogP contribution is 2.49. The monoisotopic (exact) mass is 1090 g/mol. The van der Waals surface area contributed by atoms with Crippen LogP contribution in [0.3, 0.4) is 0 Å². The number of benzene rings is 9. The van der Waals surface area contributed by atoms with Crippen LogP contribution in [-0.4, -0.2) is 13.4 Å². The highest BCUT2D eigenvalue weighted by Gasteiger charge is 2.49. The summed E-state index contributed by atoms with van der Waals surface area (Å²) in [6.45, 7) is 17.8. The lowest BCUT2D eigenvalue weighted by molar-refractivity contribution is 0.451. The van der Waals surface area contributed by atoms with Gasteiger partial charge in [0.05, 0.1) is 0 Å². The van der Waals surface area contributed by atoms with E-state index in [0.29, 0.717) is 11.5 Å². The summed E-state index contributed by atoms with van der Waals surface area (Å²) >= 11 is 2.59. The molecule has 0 unspecified atom stereocenters. The Bertz CT molecular complexity index is 3800. The molecule has 13 rings (SSSR count). The van der Waals surface area contributed by atoms with Gasteiger partial charge < -0.3 is 28.7 Å². The predicted molar refractivity (Wildman–Crippen MR) is 320 cm³/mol. The lowest BCUT2D eigenvalue weighted by Gasteiger charge is -2.44. The maximum Gasteiger partial charge on any atom is 0.257 e. The molecular formula is C66H57B2IN2O4. The molecule has 0 saturated heterocycles. The molecule has 0 amide bonds. The van der Waals surface area contributed by atoms with E-state index in [2.05, 4.69) is 191 Å². The van der Waals surface area contributed by atoms with Gasteiger partial charge in [0.15, 0.2) is 0 Å². The lowest BCUT2D eigenvalue weighted by atomic mass is 9.30. The number of rotatable bonds is 9. The van der Waals surface area contributed by atoms with E-state index in [0.717, 1.165) is 110 Å². The van der Waals surface area contributed by atoms with Crippen molar-refractivity contribution < 1.29 is 18.9 Å². The molecule has 4 heterocycles. The van der Waals surface area contributed by atoms with Crippen LogP contribution in [0.15, 0.2) is 164 Å². The lowest BCUT2D eigenvalue weighted by Crippen LogP contribution is -2.64. The minimum Gasteiger partial charge on any atom is -0.458 e. The van der Waals surface area contributed by atoms with Gasteiger partial charge in [0, 0.05) is 68.0 Å². The molecule has 368 valence electrons. The first kappa shape index (κ1) is 47.4. The number of aryl methyl sites for hydroxylation is 5. The van der Waals surface area contributed by atoms with Crippen LogP contribution >= 0.6 is 22.6 Å². The number of hydrogen-bond donors (Lipinski definition) is 0. The van der Waals surface area contributed by atoms with E-state index in [4.69, 9.17) is 18.9 Å². The summed E-state index contributed by atoms with van der Waals surface area (Å²) < 4.78 is 29.4. The summed E-state index contributed by atoms with van der Waals surface area (Å²) in [7, 11) is 0. The fourth-order valence-electron chi connectivity index (χ4n) is 12.2. The minimum absolute atomic E-state index is 0.174. The Kier molecular flexibility index (Phi) is 11.5. The molecule has 0 atom stereocenters. The zero-order valence-electron chi connectivity index (χ0n) is 43.8. The highest BCUT2D eigenvalue weighted by molar-refractivity contribution is 14.1. The second-order valence-electron chi connectivity index (χ2n) is 22.0. The van der Waals surface area contributed by atoms with E-state index in [-0.39, 0.29) is 18.8 Å². The first-order chi connectivity index (χ1) is 36.3. The van der Waals surface area contributed by atoms with E-state index < -0.39 is 0 Å². The van der Waals surface area contributed by atoms with Crippen LogP contribution in [0.5, 0.6) is 46.0 Å². The summed E-state index contributed by atoms with van der Waals surface area (Å²) in [4.78, 5) is 4.92. The number of anilines is 6. The molecule has 9 aromatic carbocycles. The van der Waals surface area contributed by atoms with E-state index >= 15 is 0 Å². The predicted octanol–water partition coefficient (Wildman–Crippen LogP) is 14.6. The third-order valence-corrected chi connectivity index (χ3v) is 16.2. The molecule has 0 aliphatic carbocycles. The van der Waals surface area contributed by atoms with Gasteiger partial charge in [0.1, 0.15) is 46.0 Å². The van der Waals surface area contributed by atoms with Crippen molar-refractivity contribution in [3.05, 3.63) is 201 Å². The van der Waals surface area contributed by atoms with E-state index in [1.165, 1.54) is 47.9 Å². The molecule has 0 fully saturated rings. The summed E-state index contributed by atoms with van der Waals surface area (Å²) in [6, 6.07) is 58.7. The van der Waals surface area contributed by atoms with Crippen molar-refractivity contribution in [2.24, 2.45) is 0 Å². The largest absolute Gasteiger partial charge is 0.458 e. The second-order valence-corrected chi connectivity index (χ2v) is 23.2. The fourth-order valence-corrected chi connectivity index (χ4v) is 13.3. The number of fused-ring (bicyclic) bond motifs is 8. The number of halogens is 1. The first-order valence-electron chi connectivity index (χ1n) is 26.4. The fraction of sp³-hybridized carbons (Fsp3) is 0.182. The van der Waals surface area contributed by atoms with Crippen molar-refractivity contribution in [3.63, 3.8) is 0 Å². The molecule has 6 nitrogen and oxygen atoms in total. The summed E-state index contributed by atoms with van der Waals surface area (Å²) in [6.07, 6.45) is 3.29. The van der Waals surface area contributed by atoms with Crippen LogP contribution in [0, 0.1) is 31.3 Å². The van der Waals surface area contributed by atoms with Crippen molar-refractivity contribution in [1.29, 1.82) is 0 Å². The first-order valence-corrected chi connectivity index (χ1v) is 27.4. The third kappa shape index (κ3) is 8.17. The van der Waals surface area contributed by atoms with Crippen LogP contribution in [-0.2, 0) is 11.8 Å². The van der Waals surface area contributed by atoms with E-state index in [9.17, 15) is 0 Å². The Labute approximate surface area is 455 Å². The zero-order valence-corrected chi connectivity index (χ0v) is 45.9. The normalized spacial score (nSPS) is 13.4. The van der Waals surface area contributed by atoms with Crippen molar-refractivity contribution in [3.8, 4) is 46.0 Å². The molecule has 9 heteroatoms. The SMILES string of the molecule is CCCCc1cc(C)cc(N2c3cc(C)cc(I)c3B3c4cc5c(cc4Oc4cc(Oc6ccccc6)cc2c43)Oc2cc(Oc3ccccc3)cc3c2B5c2c(cc(C)cc2C(C)(C)C)N3c2cccc(C)c2)c1. The Morgan fingerprint density at radius 2 is 1.00 bits per heavy atom. The molecule has 4 aliphatic rings. The smallest absolute Gasteiger partial charge is 0.257 e. The van der Waals surface area contributed by atoms with Gasteiger partial charge in [0.25, 0.3) is 13.4 Å². The van der Waals surface area contributed by atoms with Gasteiger partial charge in [-0.25, -0.2) is 0 Å². The molecule has 0 spiro atoms. The Morgan fingerprint density at radius 3 is 1.59 bits per heavy atom. The molecule has 0 saturated carbocycles. The summed E-state index contributed by atoms with van der Waals surface area (Å²) in [5.74, 6) is 5.97. The summed E-state index contributed by atoms with van der Waals surface area (Å²) in [5, 5.41) is 0. The van der Waals surface area contributed by atoms with Crippen molar-refractivity contribution in [2.75, 3.05) is 9.80 Å². The van der Waals surface area contributed by atoms with Gasteiger partial charge >= 0.3 is 0 Å². The topological polar surface area (TPSA) is 43.4 Å². The van der Waals surface area contributed by atoms with Gasteiger partial charge in [-0.1, -0.05) is 101 Å². The second kappa shape index (κ2) is 18.2. The number of ether oxygens (including phenoxy) is 4. The van der Waals surface area contributed by atoms with Gasteiger partial charge in [-0.15, -0.1) is 0 Å². The molecule has 0 radical (unpaired) electrons. The van der Waals surface area contributed by atoms with Crippen LogP contribution in [0.4, 0.5) is 34.1 Å². The molecule has 0 aromatic heterocycles. The average molecular weight is 1090 g/mol. The molecule has 0 bridgehead atoms. The number of para-hydroxylation sites is 2. The molecule has 75 heavy (non-hydrogen) atoms. The number of hydrogen-bond acceptors (Lipinski definition) is 6. The summed E-state index contributed by atoms with van der Waals surface area (Å²) in [5.41, 5.74) is 20.9. The Hall–Kier alpha value is -7.36. The van der Waals surface area contributed by atoms with Crippen LogP contribution in [0.2, 0.25) is 0 Å².